The lowest BCUT2D eigenvalue weighted by Crippen LogP contribution is -2.30. The van der Waals surface area contributed by atoms with Crippen LogP contribution in [0.15, 0.2) is 96.0 Å². The number of para-hydroxylation sites is 1. The van der Waals surface area contributed by atoms with Gasteiger partial charge in [0.2, 0.25) is 0 Å². The van der Waals surface area contributed by atoms with Crippen molar-refractivity contribution in [3.8, 4) is 5.69 Å². The summed E-state index contributed by atoms with van der Waals surface area (Å²) >= 11 is 0. The van der Waals surface area contributed by atoms with Crippen molar-refractivity contribution in [1.82, 2.24) is 15.0 Å². The summed E-state index contributed by atoms with van der Waals surface area (Å²) in [7, 11) is -3.87. The summed E-state index contributed by atoms with van der Waals surface area (Å²) in [5.41, 5.74) is 2.25. The highest BCUT2D eigenvalue weighted by Gasteiger charge is 2.26. The molecule has 0 aliphatic rings. The Labute approximate surface area is 180 Å². The van der Waals surface area contributed by atoms with Crippen molar-refractivity contribution < 1.29 is 13.2 Å². The number of hydrogen-bond donors (Lipinski definition) is 0. The smallest absolute Gasteiger partial charge is 0.264 e. The van der Waals surface area contributed by atoms with E-state index in [2.05, 4.69) is 10.3 Å². The standard InChI is InChI=1S/C23H20N4O3S/c1-18(28)19-12-14-22(15-13-19)27(31(29,30)23-10-6-3-7-11-23)17-20-16-26(25-24-20)21-8-4-2-5-9-21/h2-16H,17H2,1H3. The zero-order chi connectivity index (χ0) is 21.8. The van der Waals surface area contributed by atoms with Gasteiger partial charge in [-0.15, -0.1) is 5.10 Å². The van der Waals surface area contributed by atoms with Crippen LogP contribution in [0.2, 0.25) is 0 Å². The van der Waals surface area contributed by atoms with Crippen molar-refractivity contribution in [3.63, 3.8) is 0 Å². The minimum Gasteiger partial charge on any atom is -0.295 e. The van der Waals surface area contributed by atoms with E-state index in [0.29, 0.717) is 16.9 Å². The summed E-state index contributed by atoms with van der Waals surface area (Å²) < 4.78 is 29.7. The number of Topliss-reactive ketones (excluding diaryl/α,β-unsaturated/α-hetero) is 1. The third-order valence-electron chi connectivity index (χ3n) is 4.76. The Kier molecular flexibility index (Phi) is 5.64. The summed E-state index contributed by atoms with van der Waals surface area (Å²) in [6.45, 7) is 1.46. The molecule has 0 bridgehead atoms. The summed E-state index contributed by atoms with van der Waals surface area (Å²) in [6.07, 6.45) is 1.70. The van der Waals surface area contributed by atoms with E-state index >= 15 is 0 Å². The van der Waals surface area contributed by atoms with Crippen LogP contribution in [0.1, 0.15) is 23.0 Å². The zero-order valence-corrected chi connectivity index (χ0v) is 17.6. The Morgan fingerprint density at radius 2 is 1.52 bits per heavy atom. The van der Waals surface area contributed by atoms with E-state index in [4.69, 9.17) is 0 Å². The number of carbonyl (C=O) groups is 1. The van der Waals surface area contributed by atoms with Crippen LogP contribution in [0.5, 0.6) is 0 Å². The lowest BCUT2D eigenvalue weighted by molar-refractivity contribution is 0.101. The molecule has 0 unspecified atom stereocenters. The van der Waals surface area contributed by atoms with E-state index in [0.717, 1.165) is 5.69 Å². The molecular weight excluding hydrogens is 412 g/mol. The van der Waals surface area contributed by atoms with Gasteiger partial charge in [-0.2, -0.15) is 0 Å². The Morgan fingerprint density at radius 1 is 0.903 bits per heavy atom. The SMILES string of the molecule is CC(=O)c1ccc(N(Cc2cn(-c3ccccc3)nn2)S(=O)(=O)c2ccccc2)cc1. The lowest BCUT2D eigenvalue weighted by atomic mass is 10.1. The van der Waals surface area contributed by atoms with Gasteiger partial charge < -0.3 is 0 Å². The van der Waals surface area contributed by atoms with E-state index in [1.54, 1.807) is 65.5 Å². The van der Waals surface area contributed by atoms with Crippen molar-refractivity contribution in [2.24, 2.45) is 0 Å². The molecule has 1 heterocycles. The summed E-state index contributed by atoms with van der Waals surface area (Å²) in [5, 5.41) is 8.29. The van der Waals surface area contributed by atoms with Crippen LogP contribution in [0, 0.1) is 0 Å². The van der Waals surface area contributed by atoms with Crippen LogP contribution >= 0.6 is 0 Å². The molecule has 0 saturated heterocycles. The highest BCUT2D eigenvalue weighted by Crippen LogP contribution is 2.26. The van der Waals surface area contributed by atoms with Crippen molar-refractivity contribution in [3.05, 3.63) is 102 Å². The minimum atomic E-state index is -3.87. The fourth-order valence-corrected chi connectivity index (χ4v) is 4.58. The van der Waals surface area contributed by atoms with Gasteiger partial charge in [-0.05, 0) is 55.5 Å². The van der Waals surface area contributed by atoms with Gasteiger partial charge in [-0.1, -0.05) is 41.6 Å². The second-order valence-electron chi connectivity index (χ2n) is 6.92. The molecule has 0 spiro atoms. The average Bonchev–Trinajstić information content (AvgIpc) is 3.27. The van der Waals surface area contributed by atoms with Gasteiger partial charge in [0.1, 0.15) is 5.69 Å². The summed E-state index contributed by atoms with van der Waals surface area (Å²) in [6, 6.07) is 24.1. The maximum absolute atomic E-state index is 13.4. The van der Waals surface area contributed by atoms with Gasteiger partial charge in [0.15, 0.2) is 5.78 Å². The highest BCUT2D eigenvalue weighted by molar-refractivity contribution is 7.92. The molecule has 0 N–H and O–H groups in total. The first-order valence-electron chi connectivity index (χ1n) is 9.60. The Balaban J connectivity index is 1.72. The largest absolute Gasteiger partial charge is 0.295 e. The number of sulfonamides is 1. The summed E-state index contributed by atoms with van der Waals surface area (Å²) in [4.78, 5) is 11.8. The summed E-state index contributed by atoms with van der Waals surface area (Å²) in [5.74, 6) is -0.0881. The molecule has 0 fully saturated rings. The first kappa shape index (κ1) is 20.5. The normalized spacial score (nSPS) is 11.3. The first-order chi connectivity index (χ1) is 14.9. The molecule has 4 aromatic rings. The third kappa shape index (κ3) is 4.39. The number of aromatic nitrogens is 3. The topological polar surface area (TPSA) is 85.2 Å². The zero-order valence-electron chi connectivity index (χ0n) is 16.8. The van der Waals surface area contributed by atoms with Gasteiger partial charge in [-0.25, -0.2) is 13.1 Å². The van der Waals surface area contributed by atoms with Crippen LogP contribution in [-0.4, -0.2) is 29.2 Å². The fraction of sp³-hybridized carbons (Fsp3) is 0.0870. The number of ketones is 1. The van der Waals surface area contributed by atoms with E-state index in [1.165, 1.54) is 11.2 Å². The molecule has 0 amide bonds. The average molecular weight is 433 g/mol. The number of rotatable bonds is 7. The highest BCUT2D eigenvalue weighted by atomic mass is 32.2. The molecule has 156 valence electrons. The molecule has 0 saturated carbocycles. The predicted molar refractivity (Wildman–Crippen MR) is 118 cm³/mol. The molecule has 7 nitrogen and oxygen atoms in total. The predicted octanol–water partition coefficient (Wildman–Crippen LogP) is 3.87. The number of hydrogen-bond acceptors (Lipinski definition) is 5. The van der Waals surface area contributed by atoms with Crippen molar-refractivity contribution in [1.29, 1.82) is 0 Å². The maximum atomic E-state index is 13.4. The molecule has 4 rings (SSSR count). The molecule has 0 radical (unpaired) electrons. The van der Waals surface area contributed by atoms with E-state index in [9.17, 15) is 13.2 Å². The molecule has 3 aromatic carbocycles. The van der Waals surface area contributed by atoms with Crippen LogP contribution in [0.25, 0.3) is 5.69 Å². The van der Waals surface area contributed by atoms with Crippen LogP contribution < -0.4 is 4.31 Å². The molecular formula is C23H20N4O3S. The second-order valence-corrected chi connectivity index (χ2v) is 8.78. The lowest BCUT2D eigenvalue weighted by Gasteiger charge is -2.23. The monoisotopic (exact) mass is 432 g/mol. The third-order valence-corrected chi connectivity index (χ3v) is 6.55. The minimum absolute atomic E-state index is 0.0104. The van der Waals surface area contributed by atoms with E-state index in [-0.39, 0.29) is 17.2 Å². The molecule has 1 aromatic heterocycles. The van der Waals surface area contributed by atoms with Crippen molar-refractivity contribution in [2.45, 2.75) is 18.4 Å². The molecule has 0 atom stereocenters. The van der Waals surface area contributed by atoms with Crippen molar-refractivity contribution in [2.75, 3.05) is 4.31 Å². The molecule has 31 heavy (non-hydrogen) atoms. The fourth-order valence-electron chi connectivity index (χ4n) is 3.12. The van der Waals surface area contributed by atoms with Gasteiger partial charge in [0.25, 0.3) is 10.0 Å². The van der Waals surface area contributed by atoms with Crippen LogP contribution in [-0.2, 0) is 16.6 Å². The van der Waals surface area contributed by atoms with Gasteiger partial charge in [-0.3, -0.25) is 9.10 Å². The first-order valence-corrected chi connectivity index (χ1v) is 11.0. The molecule has 0 aliphatic carbocycles. The second kappa shape index (κ2) is 8.53. The Bertz CT molecular complexity index is 1290. The number of benzene rings is 3. The Hall–Kier alpha value is -3.78. The van der Waals surface area contributed by atoms with Crippen molar-refractivity contribution >= 4 is 21.5 Å². The molecule has 8 heteroatoms. The Morgan fingerprint density at radius 3 is 2.13 bits per heavy atom. The number of anilines is 1. The van der Waals surface area contributed by atoms with Crippen LogP contribution in [0.4, 0.5) is 5.69 Å². The number of nitrogens with zero attached hydrogens (tertiary/aromatic N) is 4. The molecule has 0 aliphatic heterocycles. The maximum Gasteiger partial charge on any atom is 0.264 e. The van der Waals surface area contributed by atoms with Gasteiger partial charge in [0, 0.05) is 5.56 Å². The van der Waals surface area contributed by atoms with Crippen LogP contribution in [0.3, 0.4) is 0 Å². The van der Waals surface area contributed by atoms with Gasteiger partial charge in [0.05, 0.1) is 29.0 Å². The number of carbonyl (C=O) groups excluding carboxylic acids is 1. The quantitative estimate of drug-likeness (QED) is 0.414. The van der Waals surface area contributed by atoms with E-state index < -0.39 is 10.0 Å². The van der Waals surface area contributed by atoms with E-state index in [1.807, 2.05) is 30.3 Å². The van der Waals surface area contributed by atoms with Gasteiger partial charge >= 0.3 is 0 Å².